The molecule has 3 unspecified atom stereocenters. The van der Waals surface area contributed by atoms with Gasteiger partial charge in [0.15, 0.2) is 11.6 Å². The molecule has 3 aromatic carbocycles. The molecular weight excluding hydrogens is 905 g/mol. The number of nitrogens with zero attached hydrogens (tertiary/aromatic N) is 6. The third-order valence-corrected chi connectivity index (χ3v) is 9.47. The first-order valence-electron chi connectivity index (χ1n) is 21.9. The third kappa shape index (κ3) is 22.3. The normalized spacial score (nSPS) is 16.8. The molecule has 3 aromatic rings. The molecule has 19 heteroatoms. The summed E-state index contributed by atoms with van der Waals surface area (Å²) in [6, 6.07) is 27.6. The Bertz CT molecular complexity index is 2330. The zero-order valence-electron chi connectivity index (χ0n) is 41.4. The minimum atomic E-state index is -1.15. The molecule has 0 radical (unpaired) electrons. The summed E-state index contributed by atoms with van der Waals surface area (Å²) < 4.78 is 36.3. The Labute approximate surface area is 410 Å². The van der Waals surface area contributed by atoms with E-state index in [4.69, 9.17) is 53.9 Å². The van der Waals surface area contributed by atoms with Crippen molar-refractivity contribution in [3.8, 4) is 18.2 Å². The molecule has 19 nitrogen and oxygen atoms in total. The van der Waals surface area contributed by atoms with Gasteiger partial charge in [-0.05, 0) is 99.5 Å². The van der Waals surface area contributed by atoms with Gasteiger partial charge < -0.3 is 58.1 Å². The van der Waals surface area contributed by atoms with Gasteiger partial charge in [-0.1, -0.05) is 24.3 Å². The lowest BCUT2D eigenvalue weighted by atomic mass is 10.1. The van der Waals surface area contributed by atoms with Crippen molar-refractivity contribution in [3.63, 3.8) is 0 Å². The number of carbonyl (C=O) groups is 4. The quantitative estimate of drug-likeness (QED) is 0.0625. The van der Waals surface area contributed by atoms with E-state index in [0.717, 1.165) is 34.5 Å². The minimum Gasteiger partial charge on any atom is -0.462 e. The van der Waals surface area contributed by atoms with E-state index in [9.17, 15) is 24.4 Å². The number of carbonyl (C=O) groups excluding carboxylic acids is 4. The van der Waals surface area contributed by atoms with Crippen LogP contribution < -0.4 is 14.7 Å². The second-order valence-corrected chi connectivity index (χ2v) is 16.9. The number of nitriles is 3. The predicted molar refractivity (Wildman–Crippen MR) is 261 cm³/mol. The lowest BCUT2D eigenvalue weighted by Gasteiger charge is -2.16. The molecule has 2 saturated heterocycles. The molecule has 3 atom stereocenters. The Kier molecular flexibility index (Phi) is 25.0. The first-order chi connectivity index (χ1) is 33.0. The van der Waals surface area contributed by atoms with E-state index in [2.05, 4.69) is 0 Å². The van der Waals surface area contributed by atoms with Crippen LogP contribution in [0, 0.1) is 34.0 Å². The summed E-state index contributed by atoms with van der Waals surface area (Å²) in [6.07, 6.45) is 1.85. The van der Waals surface area contributed by atoms with Crippen LogP contribution in [0.2, 0.25) is 0 Å². The van der Waals surface area contributed by atoms with Gasteiger partial charge in [0.1, 0.15) is 74.1 Å². The van der Waals surface area contributed by atoms with Crippen molar-refractivity contribution in [1.82, 2.24) is 0 Å². The van der Waals surface area contributed by atoms with Gasteiger partial charge in [0.25, 0.3) is 0 Å². The summed E-state index contributed by atoms with van der Waals surface area (Å²) in [6.45, 7) is 7.29. The number of rotatable bonds is 16. The second kappa shape index (κ2) is 29.7. The minimum absolute atomic E-state index is 0.0502. The largest absolute Gasteiger partial charge is 0.462 e. The third-order valence-electron chi connectivity index (χ3n) is 9.47. The fourth-order valence-electron chi connectivity index (χ4n) is 5.74. The van der Waals surface area contributed by atoms with Crippen LogP contribution in [0.25, 0.3) is 12.2 Å². The summed E-state index contributed by atoms with van der Waals surface area (Å²) >= 11 is 0. The highest BCUT2D eigenvalue weighted by Crippen LogP contribution is 2.24. The lowest BCUT2D eigenvalue weighted by molar-refractivity contribution is -0.157. The molecule has 0 aromatic heterocycles. The van der Waals surface area contributed by atoms with Crippen LogP contribution in [-0.4, -0.2) is 146 Å². The lowest BCUT2D eigenvalue weighted by Crippen LogP contribution is -2.25. The number of benzene rings is 3. The molecule has 376 valence electrons. The number of ether oxygens (including phenoxy) is 7. The number of hydrogen-bond donors (Lipinski definition) is 2. The van der Waals surface area contributed by atoms with E-state index in [1.54, 1.807) is 52.0 Å². The second-order valence-electron chi connectivity index (χ2n) is 16.9. The van der Waals surface area contributed by atoms with Crippen LogP contribution in [0.5, 0.6) is 0 Å². The molecular formula is C51H64N6O13. The topological polar surface area (TPSA) is 254 Å². The van der Waals surface area contributed by atoms with Gasteiger partial charge in [-0.25, -0.2) is 9.59 Å². The van der Waals surface area contributed by atoms with Gasteiger partial charge in [-0.2, -0.15) is 15.8 Å². The van der Waals surface area contributed by atoms with E-state index in [1.807, 2.05) is 124 Å². The Balaban J connectivity index is 0.000000333. The Morgan fingerprint density at radius 2 is 1.03 bits per heavy atom. The van der Waals surface area contributed by atoms with E-state index in [1.165, 1.54) is 12.2 Å². The zero-order valence-corrected chi connectivity index (χ0v) is 41.4. The first kappa shape index (κ1) is 59.0. The van der Waals surface area contributed by atoms with Crippen molar-refractivity contribution in [2.75, 3.05) is 96.6 Å². The summed E-state index contributed by atoms with van der Waals surface area (Å²) in [5, 5.41) is 44.1. The van der Waals surface area contributed by atoms with Crippen molar-refractivity contribution in [3.05, 3.63) is 101 Å². The van der Waals surface area contributed by atoms with E-state index < -0.39 is 42.2 Å². The van der Waals surface area contributed by atoms with E-state index >= 15 is 0 Å². The van der Waals surface area contributed by atoms with Gasteiger partial charge >= 0.3 is 17.9 Å². The molecule has 0 amide bonds. The van der Waals surface area contributed by atoms with Crippen LogP contribution in [0.15, 0.2) is 83.9 Å². The molecule has 5 rings (SSSR count). The van der Waals surface area contributed by atoms with Crippen LogP contribution in [0.3, 0.4) is 0 Å². The molecule has 2 aliphatic rings. The van der Waals surface area contributed by atoms with E-state index in [-0.39, 0.29) is 49.6 Å². The molecule has 2 heterocycles. The summed E-state index contributed by atoms with van der Waals surface area (Å²) in [5.41, 5.74) is 5.09. The van der Waals surface area contributed by atoms with Crippen molar-refractivity contribution >= 4 is 53.4 Å². The average molecular weight is 969 g/mol. The van der Waals surface area contributed by atoms with Gasteiger partial charge in [0.2, 0.25) is 0 Å². The monoisotopic (exact) mass is 968 g/mol. The van der Waals surface area contributed by atoms with Crippen LogP contribution >= 0.6 is 0 Å². The summed E-state index contributed by atoms with van der Waals surface area (Å²) in [4.78, 5) is 50.7. The first-order valence-corrected chi connectivity index (χ1v) is 21.9. The fraction of sp³-hybridized carbons (Fsp3) is 0.431. The van der Waals surface area contributed by atoms with Crippen LogP contribution in [0.1, 0.15) is 55.6 Å². The van der Waals surface area contributed by atoms with Crippen molar-refractivity contribution < 1.29 is 62.5 Å². The SMILES string of the molecule is CC1(C)OCC(COC(=O)CC#N)O1.CN(C)c1ccc(/C=C(\C#N)C(=O)OCC(O)CO)cc1.CN(C)c1ccc(/C=C(\C#N)C(=O)OCC2COC(C)(C)O2)cc1.CN(C)c1ccc(C=O)cc1. The maximum Gasteiger partial charge on any atom is 0.348 e. The Morgan fingerprint density at radius 1 is 0.657 bits per heavy atom. The smallest absolute Gasteiger partial charge is 0.348 e. The summed E-state index contributed by atoms with van der Waals surface area (Å²) in [7, 11) is 11.6. The molecule has 0 bridgehead atoms. The zero-order chi connectivity index (χ0) is 52.4. The molecule has 0 aliphatic carbocycles. The van der Waals surface area contributed by atoms with Gasteiger partial charge in [0.05, 0.1) is 25.9 Å². The Morgan fingerprint density at radius 3 is 1.34 bits per heavy atom. The fourth-order valence-corrected chi connectivity index (χ4v) is 5.74. The number of aliphatic hydroxyl groups is 2. The highest BCUT2D eigenvalue weighted by atomic mass is 16.8. The molecule has 2 N–H and O–H groups in total. The van der Waals surface area contributed by atoms with Gasteiger partial charge in [0, 0.05) is 64.9 Å². The number of esters is 3. The molecule has 2 aliphatic heterocycles. The van der Waals surface area contributed by atoms with Crippen LogP contribution in [0.4, 0.5) is 17.1 Å². The van der Waals surface area contributed by atoms with Crippen molar-refractivity contribution in [2.24, 2.45) is 0 Å². The number of hydrogen-bond acceptors (Lipinski definition) is 19. The van der Waals surface area contributed by atoms with Crippen molar-refractivity contribution in [1.29, 1.82) is 15.8 Å². The van der Waals surface area contributed by atoms with Crippen molar-refractivity contribution in [2.45, 2.75) is 64.0 Å². The van der Waals surface area contributed by atoms with Gasteiger partial charge in [-0.3, -0.25) is 9.59 Å². The van der Waals surface area contributed by atoms with Gasteiger partial charge in [-0.15, -0.1) is 0 Å². The molecule has 0 saturated carbocycles. The molecule has 0 spiro atoms. The molecule has 2 fully saturated rings. The maximum atomic E-state index is 12.1. The number of anilines is 3. The molecule has 70 heavy (non-hydrogen) atoms. The number of aldehydes is 1. The van der Waals surface area contributed by atoms with E-state index in [0.29, 0.717) is 18.8 Å². The van der Waals surface area contributed by atoms with Crippen LogP contribution in [-0.2, 0) is 47.5 Å². The maximum absolute atomic E-state index is 12.1. The Hall–Kier alpha value is -7.15. The predicted octanol–water partition coefficient (Wildman–Crippen LogP) is 5.07. The number of aliphatic hydroxyl groups excluding tert-OH is 2. The highest BCUT2D eigenvalue weighted by molar-refractivity contribution is 5.98. The highest BCUT2D eigenvalue weighted by Gasteiger charge is 2.34. The average Bonchev–Trinajstić information content (AvgIpc) is 3.89. The standard InChI is InChI=1S/C18H22N2O4.C15H18N2O4.C9H13NO4.C9H11NO/c1-18(2)23-12-16(24-18)11-22-17(21)14(10-19)9-13-5-7-15(8-6-13)20(3)4;1-17(2)13-5-3-11(4-6-13)7-12(8-16)15(20)21-10-14(19)9-18;1-9(2)13-6-7(14-9)5-12-8(11)3-4-10;1-10(2)9-5-3-8(7-11)4-6-9/h5-9,16H,11-12H2,1-4H3;3-7,14,18-19H,9-10H2,1-2H3;7H,3,5-6H2,1-2H3;3-7H,1-2H3/b14-9+;12-7+;;. The summed E-state index contributed by atoms with van der Waals surface area (Å²) in [5.74, 6) is -3.30.